The van der Waals surface area contributed by atoms with Crippen molar-refractivity contribution in [2.45, 2.75) is 0 Å². The molecular formula is C12H9NO2S. The van der Waals surface area contributed by atoms with E-state index < -0.39 is 5.97 Å². The normalized spacial score (nSPS) is 10.8. The molecule has 2 heterocycles. The molecule has 2 rings (SSSR count). The molecule has 0 saturated carbocycles. The predicted molar refractivity (Wildman–Crippen MR) is 64.2 cm³/mol. The summed E-state index contributed by atoms with van der Waals surface area (Å²) in [5.74, 6) is -0.937. The van der Waals surface area contributed by atoms with Gasteiger partial charge >= 0.3 is 5.97 Å². The van der Waals surface area contributed by atoms with E-state index in [2.05, 4.69) is 4.98 Å². The molecule has 0 amide bonds. The molecule has 2 aromatic rings. The highest BCUT2D eigenvalue weighted by Gasteiger charge is 2.01. The Kier molecular flexibility index (Phi) is 3.12. The Hall–Kier alpha value is -1.94. The maximum atomic E-state index is 10.4. The van der Waals surface area contributed by atoms with E-state index in [0.717, 1.165) is 21.5 Å². The second-order valence-corrected chi connectivity index (χ2v) is 4.20. The van der Waals surface area contributed by atoms with Gasteiger partial charge in [0.05, 0.1) is 10.6 Å². The van der Waals surface area contributed by atoms with Gasteiger partial charge in [-0.2, -0.15) is 0 Å². The van der Waals surface area contributed by atoms with Crippen molar-refractivity contribution in [3.05, 3.63) is 47.5 Å². The molecule has 0 aliphatic carbocycles. The highest BCUT2D eigenvalue weighted by atomic mass is 32.1. The first-order chi connectivity index (χ1) is 7.75. The number of carboxylic acid groups (broad SMARTS) is 1. The predicted octanol–water partition coefficient (Wildman–Crippen LogP) is 2.91. The van der Waals surface area contributed by atoms with Crippen LogP contribution in [0.1, 0.15) is 4.88 Å². The second-order valence-electron chi connectivity index (χ2n) is 3.09. The Balaban J connectivity index is 2.23. The number of aromatic nitrogens is 1. The summed E-state index contributed by atoms with van der Waals surface area (Å²) in [6.45, 7) is 0. The van der Waals surface area contributed by atoms with Crippen LogP contribution in [-0.4, -0.2) is 16.1 Å². The van der Waals surface area contributed by atoms with Crippen LogP contribution in [0.4, 0.5) is 0 Å². The number of rotatable bonds is 3. The lowest BCUT2D eigenvalue weighted by Crippen LogP contribution is -1.84. The molecule has 0 aliphatic rings. The summed E-state index contributed by atoms with van der Waals surface area (Å²) in [5, 5.41) is 8.50. The Morgan fingerprint density at radius 3 is 2.88 bits per heavy atom. The van der Waals surface area contributed by atoms with Crippen molar-refractivity contribution in [2.75, 3.05) is 0 Å². The van der Waals surface area contributed by atoms with E-state index in [4.69, 9.17) is 5.11 Å². The Morgan fingerprint density at radius 1 is 1.31 bits per heavy atom. The Labute approximate surface area is 96.7 Å². The average molecular weight is 231 g/mol. The molecule has 0 fully saturated rings. The third-order valence-corrected chi connectivity index (χ3v) is 3.01. The summed E-state index contributed by atoms with van der Waals surface area (Å²) in [6.07, 6.45) is 4.45. The van der Waals surface area contributed by atoms with Crippen molar-refractivity contribution in [3.8, 4) is 10.6 Å². The molecule has 0 unspecified atom stereocenters. The SMILES string of the molecule is O=C(O)C=Cc1ccc(-c2ccccn2)s1. The molecule has 0 radical (unpaired) electrons. The zero-order valence-electron chi connectivity index (χ0n) is 8.33. The molecule has 3 nitrogen and oxygen atoms in total. The zero-order valence-corrected chi connectivity index (χ0v) is 9.15. The first kappa shape index (κ1) is 10.6. The van der Waals surface area contributed by atoms with Crippen LogP contribution < -0.4 is 0 Å². The van der Waals surface area contributed by atoms with Gasteiger partial charge in [-0.3, -0.25) is 4.98 Å². The van der Waals surface area contributed by atoms with Crippen LogP contribution >= 0.6 is 11.3 Å². The lowest BCUT2D eigenvalue weighted by molar-refractivity contribution is -0.131. The molecule has 0 saturated heterocycles. The standard InChI is InChI=1S/C12H9NO2S/c14-12(15)7-5-9-4-6-11(16-9)10-3-1-2-8-13-10/h1-8H,(H,14,15). The summed E-state index contributed by atoms with van der Waals surface area (Å²) in [4.78, 5) is 16.5. The van der Waals surface area contributed by atoms with Gasteiger partial charge in [-0.15, -0.1) is 11.3 Å². The van der Waals surface area contributed by atoms with Crippen LogP contribution in [0.5, 0.6) is 0 Å². The number of nitrogens with zero attached hydrogens (tertiary/aromatic N) is 1. The van der Waals surface area contributed by atoms with Crippen molar-refractivity contribution in [1.29, 1.82) is 0 Å². The molecule has 0 atom stereocenters. The smallest absolute Gasteiger partial charge is 0.328 e. The topological polar surface area (TPSA) is 50.2 Å². The number of carboxylic acids is 1. The van der Waals surface area contributed by atoms with Crippen molar-refractivity contribution in [1.82, 2.24) is 4.98 Å². The molecule has 0 aromatic carbocycles. The molecule has 2 aromatic heterocycles. The molecule has 0 spiro atoms. The van der Waals surface area contributed by atoms with Gasteiger partial charge in [-0.25, -0.2) is 4.79 Å². The highest BCUT2D eigenvalue weighted by Crippen LogP contribution is 2.26. The van der Waals surface area contributed by atoms with Crippen molar-refractivity contribution in [3.63, 3.8) is 0 Å². The van der Waals surface area contributed by atoms with Gasteiger partial charge in [0, 0.05) is 17.2 Å². The molecule has 80 valence electrons. The van der Waals surface area contributed by atoms with E-state index in [-0.39, 0.29) is 0 Å². The van der Waals surface area contributed by atoms with Crippen molar-refractivity contribution in [2.24, 2.45) is 0 Å². The van der Waals surface area contributed by atoms with E-state index >= 15 is 0 Å². The number of hydrogen-bond acceptors (Lipinski definition) is 3. The zero-order chi connectivity index (χ0) is 11.4. The molecular weight excluding hydrogens is 222 g/mol. The van der Waals surface area contributed by atoms with E-state index in [1.54, 1.807) is 12.3 Å². The summed E-state index contributed by atoms with van der Waals surface area (Å²) >= 11 is 1.52. The Bertz CT molecular complexity index is 517. The average Bonchev–Trinajstić information content (AvgIpc) is 2.76. The Morgan fingerprint density at radius 2 is 2.19 bits per heavy atom. The summed E-state index contributed by atoms with van der Waals surface area (Å²) in [5.41, 5.74) is 0.905. The number of aliphatic carboxylic acids is 1. The lowest BCUT2D eigenvalue weighted by atomic mass is 10.3. The van der Waals surface area contributed by atoms with Crippen LogP contribution in [-0.2, 0) is 4.79 Å². The summed E-state index contributed by atoms with van der Waals surface area (Å²) in [7, 11) is 0. The van der Waals surface area contributed by atoms with Gasteiger partial charge < -0.3 is 5.11 Å². The van der Waals surface area contributed by atoms with Crippen LogP contribution in [0.25, 0.3) is 16.6 Å². The first-order valence-corrected chi connectivity index (χ1v) is 5.49. The minimum atomic E-state index is -0.937. The van der Waals surface area contributed by atoms with Gasteiger partial charge in [-0.05, 0) is 30.3 Å². The van der Waals surface area contributed by atoms with E-state index in [0.29, 0.717) is 0 Å². The fraction of sp³-hybridized carbons (Fsp3) is 0. The summed E-state index contributed by atoms with van der Waals surface area (Å²) < 4.78 is 0. The van der Waals surface area contributed by atoms with Gasteiger partial charge in [0.25, 0.3) is 0 Å². The van der Waals surface area contributed by atoms with Gasteiger partial charge in [0.2, 0.25) is 0 Å². The van der Waals surface area contributed by atoms with Crippen molar-refractivity contribution < 1.29 is 9.90 Å². The second kappa shape index (κ2) is 4.72. The van der Waals surface area contributed by atoms with Gasteiger partial charge in [-0.1, -0.05) is 6.07 Å². The number of hydrogen-bond donors (Lipinski definition) is 1. The molecule has 0 aliphatic heterocycles. The van der Waals surface area contributed by atoms with Crippen LogP contribution in [0.15, 0.2) is 42.6 Å². The largest absolute Gasteiger partial charge is 0.478 e. The van der Waals surface area contributed by atoms with E-state index in [1.165, 1.54) is 11.3 Å². The van der Waals surface area contributed by atoms with Gasteiger partial charge in [0.1, 0.15) is 0 Å². The molecule has 16 heavy (non-hydrogen) atoms. The minimum Gasteiger partial charge on any atom is -0.478 e. The number of carbonyl (C=O) groups is 1. The molecule has 1 N–H and O–H groups in total. The van der Waals surface area contributed by atoms with Crippen LogP contribution in [0, 0.1) is 0 Å². The maximum Gasteiger partial charge on any atom is 0.328 e. The maximum absolute atomic E-state index is 10.4. The molecule has 0 bridgehead atoms. The fourth-order valence-corrected chi connectivity index (χ4v) is 2.13. The molecule has 4 heteroatoms. The van der Waals surface area contributed by atoms with E-state index in [1.807, 2.05) is 30.3 Å². The van der Waals surface area contributed by atoms with Crippen molar-refractivity contribution >= 4 is 23.4 Å². The number of thiophene rings is 1. The van der Waals surface area contributed by atoms with Crippen LogP contribution in [0.2, 0.25) is 0 Å². The quantitative estimate of drug-likeness (QED) is 0.826. The third-order valence-electron chi connectivity index (χ3n) is 1.93. The fourth-order valence-electron chi connectivity index (χ4n) is 1.24. The monoisotopic (exact) mass is 231 g/mol. The van der Waals surface area contributed by atoms with E-state index in [9.17, 15) is 4.79 Å². The highest BCUT2D eigenvalue weighted by molar-refractivity contribution is 7.16. The third kappa shape index (κ3) is 2.55. The lowest BCUT2D eigenvalue weighted by Gasteiger charge is -1.92. The number of pyridine rings is 1. The minimum absolute atomic E-state index is 0.905. The first-order valence-electron chi connectivity index (χ1n) is 4.68. The van der Waals surface area contributed by atoms with Crippen LogP contribution in [0.3, 0.4) is 0 Å². The van der Waals surface area contributed by atoms with Gasteiger partial charge in [0.15, 0.2) is 0 Å². The summed E-state index contributed by atoms with van der Waals surface area (Å²) in [6, 6.07) is 9.54.